The van der Waals surface area contributed by atoms with Crippen molar-refractivity contribution in [1.29, 1.82) is 0 Å². The number of nitrogens with zero attached hydrogens (tertiary/aromatic N) is 7. The third-order valence-corrected chi connectivity index (χ3v) is 7.92. The molecule has 190 valence electrons. The third-order valence-electron chi connectivity index (χ3n) is 5.42. The Morgan fingerprint density at radius 2 is 1.86 bits per heavy atom. The van der Waals surface area contributed by atoms with E-state index >= 15 is 0 Å². The van der Waals surface area contributed by atoms with Crippen LogP contribution in [0.15, 0.2) is 41.5 Å². The average molecular weight is 551 g/mol. The lowest BCUT2D eigenvalue weighted by molar-refractivity contribution is 0.0950. The molecule has 0 spiro atoms. The van der Waals surface area contributed by atoms with Crippen LogP contribution in [0.3, 0.4) is 0 Å². The smallest absolute Gasteiger partial charge is 0.240 e. The molecule has 0 unspecified atom stereocenters. The largest absolute Gasteiger partial charge is 0.481 e. The zero-order valence-corrected chi connectivity index (χ0v) is 22.1. The molecule has 0 saturated carbocycles. The Bertz CT molecular complexity index is 1410. The Morgan fingerprint density at radius 1 is 1.11 bits per heavy atom. The Morgan fingerprint density at radius 3 is 2.50 bits per heavy atom. The van der Waals surface area contributed by atoms with E-state index in [1.165, 1.54) is 44.9 Å². The molecule has 4 heterocycles. The number of sulfonamides is 1. The Kier molecular flexibility index (Phi) is 7.78. The normalized spacial score (nSPS) is 14.2. The van der Waals surface area contributed by atoms with Gasteiger partial charge in [0.05, 0.1) is 29.4 Å². The van der Waals surface area contributed by atoms with Crippen molar-refractivity contribution in [1.82, 2.24) is 34.7 Å². The van der Waals surface area contributed by atoms with Gasteiger partial charge in [-0.25, -0.2) is 28.4 Å². The number of rotatable bonds is 10. The molecule has 0 aliphatic heterocycles. The number of ether oxygens (including phenoxy) is 2. The van der Waals surface area contributed by atoms with Crippen molar-refractivity contribution in [2.24, 2.45) is 0 Å². The van der Waals surface area contributed by atoms with Crippen LogP contribution in [0.25, 0.3) is 11.5 Å². The van der Waals surface area contributed by atoms with Crippen LogP contribution < -0.4 is 9.46 Å². The second-order valence-corrected chi connectivity index (χ2v) is 10.8. The molecule has 0 aromatic carbocycles. The van der Waals surface area contributed by atoms with Crippen molar-refractivity contribution >= 4 is 38.9 Å². The van der Waals surface area contributed by atoms with Gasteiger partial charge in [-0.2, -0.15) is 0 Å². The monoisotopic (exact) mass is 550 g/mol. The van der Waals surface area contributed by atoms with Gasteiger partial charge in [0.25, 0.3) is 0 Å². The van der Waals surface area contributed by atoms with Gasteiger partial charge in [-0.05, 0) is 19.9 Å². The van der Waals surface area contributed by atoms with Gasteiger partial charge in [0.1, 0.15) is 17.0 Å². The van der Waals surface area contributed by atoms with E-state index in [0.717, 1.165) is 0 Å². The fourth-order valence-corrected chi connectivity index (χ4v) is 5.35. The van der Waals surface area contributed by atoms with Crippen molar-refractivity contribution in [2.75, 3.05) is 18.9 Å². The number of methoxy groups -OCH3 is 2. The number of pyridine rings is 1. The van der Waals surface area contributed by atoms with Crippen molar-refractivity contribution in [3.63, 3.8) is 0 Å². The molecular weight excluding hydrogens is 528 g/mol. The first-order chi connectivity index (χ1) is 17.2. The molecular formula is C21H23ClN8O4S2. The van der Waals surface area contributed by atoms with Gasteiger partial charge in [-0.15, -0.1) is 21.5 Å². The third kappa shape index (κ3) is 5.31. The number of nitrogens with one attached hydrogen (secondary N) is 1. The summed E-state index contributed by atoms with van der Waals surface area (Å²) >= 11 is 7.29. The van der Waals surface area contributed by atoms with Crippen LogP contribution in [0, 0.1) is 0 Å². The van der Waals surface area contributed by atoms with Crippen LogP contribution >= 0.6 is 22.9 Å². The SMILES string of the molecule is COc1cccc(-c2nnc(NS(=O)(=O)[C@@H](C)[C@H](OC)c3ncc(Cl)cn3)n2[C@@H](C)c2cscn2)n1. The average Bonchev–Trinajstić information content (AvgIpc) is 3.55. The number of thiazole rings is 1. The predicted molar refractivity (Wildman–Crippen MR) is 135 cm³/mol. The van der Waals surface area contributed by atoms with E-state index in [4.69, 9.17) is 21.1 Å². The van der Waals surface area contributed by atoms with Crippen LogP contribution in [-0.2, 0) is 14.8 Å². The van der Waals surface area contributed by atoms with Crippen LogP contribution in [0.1, 0.15) is 37.5 Å². The molecule has 0 radical (unpaired) electrons. The zero-order valence-electron chi connectivity index (χ0n) is 19.7. The summed E-state index contributed by atoms with van der Waals surface area (Å²) in [5.74, 6) is 0.890. The topological polar surface area (TPSA) is 147 Å². The molecule has 36 heavy (non-hydrogen) atoms. The highest BCUT2D eigenvalue weighted by atomic mass is 35.5. The quantitative estimate of drug-likeness (QED) is 0.311. The predicted octanol–water partition coefficient (Wildman–Crippen LogP) is 3.38. The molecule has 4 aromatic rings. The summed E-state index contributed by atoms with van der Waals surface area (Å²) in [6, 6.07) is 4.77. The molecule has 1 N–H and O–H groups in total. The van der Waals surface area contributed by atoms with Crippen molar-refractivity contribution in [3.8, 4) is 17.4 Å². The summed E-state index contributed by atoms with van der Waals surface area (Å²) < 4.78 is 41.7. The molecule has 0 fully saturated rings. The molecule has 0 aliphatic carbocycles. The van der Waals surface area contributed by atoms with Crippen molar-refractivity contribution in [3.05, 3.63) is 58.0 Å². The fourth-order valence-electron chi connectivity index (χ4n) is 3.48. The maximum atomic E-state index is 13.4. The number of hydrogen-bond acceptors (Lipinski definition) is 11. The van der Waals surface area contributed by atoms with Crippen LogP contribution in [-0.4, -0.2) is 62.6 Å². The molecule has 0 amide bonds. The number of halogens is 1. The van der Waals surface area contributed by atoms with Gasteiger partial charge in [-0.1, -0.05) is 17.7 Å². The minimum atomic E-state index is -4.06. The van der Waals surface area contributed by atoms with Gasteiger partial charge < -0.3 is 9.47 Å². The van der Waals surface area contributed by atoms with E-state index in [1.54, 1.807) is 28.3 Å². The zero-order chi connectivity index (χ0) is 25.9. The molecule has 0 bridgehead atoms. The van der Waals surface area contributed by atoms with Crippen molar-refractivity contribution in [2.45, 2.75) is 31.2 Å². The number of anilines is 1. The first-order valence-corrected chi connectivity index (χ1v) is 13.5. The summed E-state index contributed by atoms with van der Waals surface area (Å²) in [5, 5.41) is 9.48. The van der Waals surface area contributed by atoms with E-state index in [9.17, 15) is 8.42 Å². The van der Waals surface area contributed by atoms with Crippen LogP contribution in [0.4, 0.5) is 5.95 Å². The van der Waals surface area contributed by atoms with Crippen molar-refractivity contribution < 1.29 is 17.9 Å². The Balaban J connectivity index is 1.73. The van der Waals surface area contributed by atoms with E-state index in [1.807, 2.05) is 12.3 Å². The van der Waals surface area contributed by atoms with Gasteiger partial charge in [0.2, 0.25) is 21.9 Å². The molecule has 4 aromatic heterocycles. The van der Waals surface area contributed by atoms with E-state index < -0.39 is 27.4 Å². The lowest BCUT2D eigenvalue weighted by Gasteiger charge is -2.23. The van der Waals surface area contributed by atoms with E-state index in [2.05, 4.69) is 34.9 Å². The molecule has 4 rings (SSSR count). The molecule has 12 nitrogen and oxygen atoms in total. The first kappa shape index (κ1) is 25.9. The summed E-state index contributed by atoms with van der Waals surface area (Å²) in [5.41, 5.74) is 2.86. The fraction of sp³-hybridized carbons (Fsp3) is 0.333. The Labute approximate surface area is 216 Å². The molecule has 0 saturated heterocycles. The lowest BCUT2D eigenvalue weighted by Crippen LogP contribution is -2.33. The summed E-state index contributed by atoms with van der Waals surface area (Å²) in [6.07, 6.45) is 1.79. The minimum Gasteiger partial charge on any atom is -0.481 e. The van der Waals surface area contributed by atoms with Gasteiger partial charge in [0, 0.05) is 30.9 Å². The molecule has 15 heteroatoms. The van der Waals surface area contributed by atoms with Crippen LogP contribution in [0.2, 0.25) is 5.02 Å². The minimum absolute atomic E-state index is 0.00570. The van der Waals surface area contributed by atoms with Gasteiger partial charge in [-0.3, -0.25) is 9.29 Å². The highest BCUT2D eigenvalue weighted by Gasteiger charge is 2.35. The standard InChI is InChI=1S/C21H23ClN8O4S2/c1-12(16-10-35-11-25-16)30-20(15-6-5-7-17(26-15)33-3)27-28-21(30)29-36(31,32)13(2)18(34-4)19-23-8-14(22)9-24-19/h5-13,18H,1-4H3,(H,28,29)/t12-,13-,18-/m0/s1. The summed E-state index contributed by atoms with van der Waals surface area (Å²) in [6.45, 7) is 3.35. The van der Waals surface area contributed by atoms with Gasteiger partial charge >= 0.3 is 0 Å². The Hall–Kier alpha value is -3.20. The first-order valence-electron chi connectivity index (χ1n) is 10.6. The highest BCUT2D eigenvalue weighted by Crippen LogP contribution is 2.31. The number of aromatic nitrogens is 7. The number of hydrogen-bond donors (Lipinski definition) is 1. The second-order valence-electron chi connectivity index (χ2n) is 7.64. The molecule has 0 aliphatic rings. The summed E-state index contributed by atoms with van der Waals surface area (Å²) in [7, 11) is -1.17. The highest BCUT2D eigenvalue weighted by molar-refractivity contribution is 7.93. The molecule has 3 atom stereocenters. The van der Waals surface area contributed by atoms with E-state index in [0.29, 0.717) is 28.1 Å². The van der Waals surface area contributed by atoms with Crippen LogP contribution in [0.5, 0.6) is 5.88 Å². The van der Waals surface area contributed by atoms with E-state index in [-0.39, 0.29) is 11.8 Å². The lowest BCUT2D eigenvalue weighted by atomic mass is 10.2. The maximum absolute atomic E-state index is 13.4. The van der Waals surface area contributed by atoms with Gasteiger partial charge in [0.15, 0.2) is 11.6 Å². The second kappa shape index (κ2) is 10.8. The maximum Gasteiger partial charge on any atom is 0.240 e. The summed E-state index contributed by atoms with van der Waals surface area (Å²) in [4.78, 5) is 17.0.